The van der Waals surface area contributed by atoms with Crippen molar-refractivity contribution in [2.75, 3.05) is 6.61 Å². The van der Waals surface area contributed by atoms with Gasteiger partial charge in [-0.15, -0.1) is 0 Å². The summed E-state index contributed by atoms with van der Waals surface area (Å²) in [6.45, 7) is 2.44. The quantitative estimate of drug-likeness (QED) is 0.904. The first-order valence-corrected chi connectivity index (χ1v) is 6.93. The predicted molar refractivity (Wildman–Crippen MR) is 70.7 cm³/mol. The van der Waals surface area contributed by atoms with Gasteiger partial charge in [-0.25, -0.2) is 8.78 Å². The largest absolute Gasteiger partial charge is 0.373 e. The van der Waals surface area contributed by atoms with E-state index in [1.165, 1.54) is 6.07 Å². The van der Waals surface area contributed by atoms with Crippen LogP contribution >= 0.6 is 0 Å². The Morgan fingerprint density at radius 3 is 2.58 bits per heavy atom. The molecule has 2 nitrogen and oxygen atoms in total. The van der Waals surface area contributed by atoms with Crippen LogP contribution in [0.5, 0.6) is 0 Å². The van der Waals surface area contributed by atoms with E-state index in [2.05, 4.69) is 0 Å². The molecule has 0 bridgehead atoms. The van der Waals surface area contributed by atoms with Crippen LogP contribution in [-0.4, -0.2) is 12.2 Å². The van der Waals surface area contributed by atoms with Crippen molar-refractivity contribution >= 4 is 0 Å². The van der Waals surface area contributed by atoms with E-state index in [0.717, 1.165) is 44.2 Å². The Kier molecular flexibility index (Phi) is 4.53. The van der Waals surface area contributed by atoms with Gasteiger partial charge in [-0.05, 0) is 38.0 Å². The fraction of sp³-hybridized carbons (Fsp3) is 0.600. The van der Waals surface area contributed by atoms with Crippen LogP contribution in [0.25, 0.3) is 0 Å². The molecule has 1 atom stereocenters. The van der Waals surface area contributed by atoms with Crippen molar-refractivity contribution in [3.8, 4) is 0 Å². The van der Waals surface area contributed by atoms with E-state index in [-0.39, 0.29) is 5.56 Å². The first-order chi connectivity index (χ1) is 9.09. The Hall–Kier alpha value is -1.00. The Morgan fingerprint density at radius 2 is 1.95 bits per heavy atom. The standard InChI is InChI=1S/C15H21F2NO/c1-2-19-15(8-4-3-5-9-15)14(18)12-10-11(16)6-7-13(12)17/h6-7,10,14H,2-5,8-9,18H2,1H3. The average Bonchev–Trinajstić information content (AvgIpc) is 2.42. The summed E-state index contributed by atoms with van der Waals surface area (Å²) in [7, 11) is 0. The SMILES string of the molecule is CCOC1(C(N)c2cc(F)ccc2F)CCCCC1. The van der Waals surface area contributed by atoms with Gasteiger partial charge in [0.1, 0.15) is 11.6 Å². The third-order valence-corrected chi connectivity index (χ3v) is 3.99. The monoisotopic (exact) mass is 269 g/mol. The summed E-state index contributed by atoms with van der Waals surface area (Å²) in [5.74, 6) is -0.923. The lowest BCUT2D eigenvalue weighted by Gasteiger charge is -2.41. The zero-order valence-electron chi connectivity index (χ0n) is 11.3. The number of rotatable bonds is 4. The lowest BCUT2D eigenvalue weighted by Crippen LogP contribution is -2.45. The second-order valence-electron chi connectivity index (χ2n) is 5.20. The normalized spacial score (nSPS) is 20.2. The molecule has 0 radical (unpaired) electrons. The highest BCUT2D eigenvalue weighted by Crippen LogP contribution is 2.41. The maximum Gasteiger partial charge on any atom is 0.128 e. The molecule has 106 valence electrons. The maximum absolute atomic E-state index is 13.9. The first-order valence-electron chi connectivity index (χ1n) is 6.93. The minimum absolute atomic E-state index is 0.218. The molecule has 0 saturated heterocycles. The van der Waals surface area contributed by atoms with Crippen LogP contribution in [0.3, 0.4) is 0 Å². The van der Waals surface area contributed by atoms with Crippen LogP contribution < -0.4 is 5.73 Å². The Balaban J connectivity index is 2.32. The molecule has 0 aliphatic heterocycles. The van der Waals surface area contributed by atoms with E-state index in [1.807, 2.05) is 6.92 Å². The van der Waals surface area contributed by atoms with Crippen molar-refractivity contribution < 1.29 is 13.5 Å². The number of halogens is 2. The second kappa shape index (κ2) is 5.97. The summed E-state index contributed by atoms with van der Waals surface area (Å²) < 4.78 is 33.1. The molecular formula is C15H21F2NO. The van der Waals surface area contributed by atoms with Crippen LogP contribution in [0, 0.1) is 11.6 Å². The Morgan fingerprint density at radius 1 is 1.26 bits per heavy atom. The third-order valence-electron chi connectivity index (χ3n) is 3.99. The summed E-state index contributed by atoms with van der Waals surface area (Å²) in [5.41, 5.74) is 5.89. The van der Waals surface area contributed by atoms with Gasteiger partial charge in [-0.1, -0.05) is 19.3 Å². The Bertz CT molecular complexity index is 425. The Labute approximate surface area is 112 Å². The lowest BCUT2D eigenvalue weighted by atomic mass is 9.77. The van der Waals surface area contributed by atoms with E-state index < -0.39 is 23.3 Å². The minimum Gasteiger partial charge on any atom is -0.373 e. The summed E-state index contributed by atoms with van der Waals surface area (Å²) in [6, 6.07) is 2.81. The van der Waals surface area contributed by atoms with Gasteiger partial charge in [0.2, 0.25) is 0 Å². The van der Waals surface area contributed by atoms with Gasteiger partial charge < -0.3 is 10.5 Å². The average molecular weight is 269 g/mol. The lowest BCUT2D eigenvalue weighted by molar-refractivity contribution is -0.0837. The van der Waals surface area contributed by atoms with Crippen molar-refractivity contribution in [1.82, 2.24) is 0 Å². The summed E-state index contributed by atoms with van der Waals surface area (Å²) in [5, 5.41) is 0. The summed E-state index contributed by atoms with van der Waals surface area (Å²) in [6.07, 6.45) is 4.79. The second-order valence-corrected chi connectivity index (χ2v) is 5.20. The van der Waals surface area contributed by atoms with Crippen LogP contribution in [-0.2, 0) is 4.74 Å². The van der Waals surface area contributed by atoms with Crippen molar-refractivity contribution in [2.24, 2.45) is 5.73 Å². The molecule has 1 aromatic carbocycles. The smallest absolute Gasteiger partial charge is 0.128 e. The van der Waals surface area contributed by atoms with Gasteiger partial charge in [-0.3, -0.25) is 0 Å². The zero-order valence-corrected chi connectivity index (χ0v) is 11.3. The fourth-order valence-electron chi connectivity index (χ4n) is 3.02. The van der Waals surface area contributed by atoms with Gasteiger partial charge in [-0.2, -0.15) is 0 Å². The molecule has 1 fully saturated rings. The summed E-state index contributed by atoms with van der Waals surface area (Å²) >= 11 is 0. The summed E-state index contributed by atoms with van der Waals surface area (Å²) in [4.78, 5) is 0. The topological polar surface area (TPSA) is 35.2 Å². The maximum atomic E-state index is 13.9. The highest BCUT2D eigenvalue weighted by molar-refractivity contribution is 5.25. The highest BCUT2D eigenvalue weighted by atomic mass is 19.1. The molecule has 0 amide bonds. The molecule has 0 heterocycles. The molecule has 1 unspecified atom stereocenters. The third kappa shape index (κ3) is 2.95. The van der Waals surface area contributed by atoms with E-state index in [0.29, 0.717) is 6.61 Å². The van der Waals surface area contributed by atoms with E-state index >= 15 is 0 Å². The van der Waals surface area contributed by atoms with Crippen LogP contribution in [0.15, 0.2) is 18.2 Å². The molecule has 2 N–H and O–H groups in total. The van der Waals surface area contributed by atoms with Gasteiger partial charge >= 0.3 is 0 Å². The number of benzene rings is 1. The fourth-order valence-corrected chi connectivity index (χ4v) is 3.02. The molecule has 0 spiro atoms. The molecule has 4 heteroatoms. The van der Waals surface area contributed by atoms with Crippen LogP contribution in [0.4, 0.5) is 8.78 Å². The molecule has 1 aliphatic rings. The number of ether oxygens (including phenoxy) is 1. The minimum atomic E-state index is -0.622. The van der Waals surface area contributed by atoms with Gasteiger partial charge in [0.15, 0.2) is 0 Å². The number of hydrogen-bond acceptors (Lipinski definition) is 2. The van der Waals surface area contributed by atoms with Crippen molar-refractivity contribution in [2.45, 2.75) is 50.7 Å². The van der Waals surface area contributed by atoms with Crippen LogP contribution in [0.1, 0.15) is 50.6 Å². The molecule has 1 saturated carbocycles. The van der Waals surface area contributed by atoms with Crippen LogP contribution in [0.2, 0.25) is 0 Å². The molecule has 19 heavy (non-hydrogen) atoms. The van der Waals surface area contributed by atoms with E-state index in [9.17, 15) is 8.78 Å². The predicted octanol–water partition coefficient (Wildman–Crippen LogP) is 3.70. The van der Waals surface area contributed by atoms with Gasteiger partial charge in [0, 0.05) is 12.2 Å². The van der Waals surface area contributed by atoms with Gasteiger partial charge in [0.25, 0.3) is 0 Å². The van der Waals surface area contributed by atoms with E-state index in [4.69, 9.17) is 10.5 Å². The molecule has 1 aromatic rings. The first kappa shape index (κ1) is 14.4. The zero-order chi connectivity index (χ0) is 13.9. The number of hydrogen-bond donors (Lipinski definition) is 1. The van der Waals surface area contributed by atoms with Crippen molar-refractivity contribution in [3.63, 3.8) is 0 Å². The highest BCUT2D eigenvalue weighted by Gasteiger charge is 2.40. The van der Waals surface area contributed by atoms with Crippen molar-refractivity contribution in [3.05, 3.63) is 35.4 Å². The molecular weight excluding hydrogens is 248 g/mol. The van der Waals surface area contributed by atoms with Gasteiger partial charge in [0.05, 0.1) is 11.6 Å². The number of nitrogens with two attached hydrogens (primary N) is 1. The van der Waals surface area contributed by atoms with Crippen molar-refractivity contribution in [1.29, 1.82) is 0 Å². The van der Waals surface area contributed by atoms with E-state index in [1.54, 1.807) is 0 Å². The molecule has 1 aliphatic carbocycles. The molecule has 2 rings (SSSR count). The molecule has 0 aromatic heterocycles.